The minimum atomic E-state index is 0.107. The summed E-state index contributed by atoms with van der Waals surface area (Å²) in [4.78, 5) is 2.44. The Bertz CT molecular complexity index is 794. The van der Waals surface area contributed by atoms with Gasteiger partial charge in [0.1, 0.15) is 10.5 Å². The molecule has 1 atom stereocenters. The zero-order valence-electron chi connectivity index (χ0n) is 12.3. The van der Waals surface area contributed by atoms with Crippen molar-refractivity contribution >= 4 is 61.0 Å². The summed E-state index contributed by atoms with van der Waals surface area (Å²) < 4.78 is 10.9. The summed E-state index contributed by atoms with van der Waals surface area (Å²) in [7, 11) is 0. The van der Waals surface area contributed by atoms with Crippen molar-refractivity contribution in [2.24, 2.45) is 11.7 Å². The molecule has 4 rings (SSSR count). The lowest BCUT2D eigenvalue weighted by molar-refractivity contribution is -0.0433. The topological polar surface area (TPSA) is 60.2 Å². The molecule has 4 nitrogen and oxygen atoms in total. The van der Waals surface area contributed by atoms with Crippen LogP contribution in [0.25, 0.3) is 10.2 Å². The zero-order valence-corrected chi connectivity index (χ0v) is 15.5. The summed E-state index contributed by atoms with van der Waals surface area (Å²) in [6.45, 7) is 2.35. The van der Waals surface area contributed by atoms with E-state index in [0.29, 0.717) is 5.92 Å². The van der Waals surface area contributed by atoms with Gasteiger partial charge in [-0.25, -0.2) is 0 Å². The van der Waals surface area contributed by atoms with E-state index in [1.165, 1.54) is 16.4 Å². The van der Waals surface area contributed by atoms with Gasteiger partial charge in [0.2, 0.25) is 0 Å². The average molecular weight is 386 g/mol. The van der Waals surface area contributed by atoms with Gasteiger partial charge >= 0.3 is 0 Å². The summed E-state index contributed by atoms with van der Waals surface area (Å²) >= 11 is 11.5. The molecule has 3 aromatic heterocycles. The highest BCUT2D eigenvalue weighted by molar-refractivity contribution is 7.25. The fourth-order valence-electron chi connectivity index (χ4n) is 2.52. The number of ether oxygens (including phenoxy) is 1. The van der Waals surface area contributed by atoms with Crippen molar-refractivity contribution in [2.75, 3.05) is 18.5 Å². The third-order valence-corrected chi connectivity index (χ3v) is 7.57. The van der Waals surface area contributed by atoms with Crippen molar-refractivity contribution in [1.29, 1.82) is 0 Å². The highest BCUT2D eigenvalue weighted by Gasteiger charge is 2.27. The number of anilines is 1. The van der Waals surface area contributed by atoms with Crippen LogP contribution in [0.15, 0.2) is 17.5 Å². The molecule has 1 fully saturated rings. The van der Waals surface area contributed by atoms with E-state index in [1.54, 1.807) is 22.7 Å². The summed E-state index contributed by atoms with van der Waals surface area (Å²) in [5.74, 6) is 0.453. The van der Waals surface area contributed by atoms with Gasteiger partial charge in [0.05, 0.1) is 29.5 Å². The monoisotopic (exact) mass is 385 g/mol. The summed E-state index contributed by atoms with van der Waals surface area (Å²) in [5, 5.41) is 7.42. The maximum atomic E-state index is 6.52. The number of aromatic nitrogens is 1. The van der Waals surface area contributed by atoms with Crippen LogP contribution >= 0.6 is 45.8 Å². The Morgan fingerprint density at radius 1 is 1.48 bits per heavy atom. The van der Waals surface area contributed by atoms with Gasteiger partial charge in [-0.2, -0.15) is 4.37 Å². The molecule has 8 heteroatoms. The highest BCUT2D eigenvalue weighted by Crippen LogP contribution is 2.42. The second kappa shape index (κ2) is 6.66. The second-order valence-electron chi connectivity index (χ2n) is 5.63. The molecule has 122 valence electrons. The van der Waals surface area contributed by atoms with Gasteiger partial charge in [-0.1, -0.05) is 17.7 Å². The first-order chi connectivity index (χ1) is 11.2. The van der Waals surface area contributed by atoms with Crippen molar-refractivity contribution < 1.29 is 4.74 Å². The SMILES string of the molecule is N[C@H](Cc1sc2c(NCc3cccs3)snc2c1Cl)C1COC1. The van der Waals surface area contributed by atoms with E-state index in [4.69, 9.17) is 22.1 Å². The zero-order chi connectivity index (χ0) is 15.8. The van der Waals surface area contributed by atoms with Gasteiger partial charge in [0.25, 0.3) is 0 Å². The quantitative estimate of drug-likeness (QED) is 0.667. The third kappa shape index (κ3) is 3.14. The Morgan fingerprint density at radius 2 is 2.35 bits per heavy atom. The molecular formula is C15H16ClN3OS3. The standard InChI is InChI=1S/C15H16ClN3OS3/c16-12-11(4-10(17)8-6-20-7-8)22-14-13(12)19-23-15(14)18-5-9-2-1-3-21-9/h1-3,8,10,18H,4-7,17H2/t10-/m1/s1. The Balaban J connectivity index is 1.52. The van der Waals surface area contributed by atoms with E-state index in [0.717, 1.165) is 51.3 Å². The number of rotatable bonds is 6. The molecule has 3 aromatic rings. The van der Waals surface area contributed by atoms with Crippen LogP contribution in [0.2, 0.25) is 5.02 Å². The van der Waals surface area contributed by atoms with Crippen LogP contribution in [-0.2, 0) is 17.7 Å². The van der Waals surface area contributed by atoms with Crippen LogP contribution in [0.4, 0.5) is 5.00 Å². The lowest BCUT2D eigenvalue weighted by Crippen LogP contribution is -2.44. The first-order valence-electron chi connectivity index (χ1n) is 7.38. The fourth-order valence-corrected chi connectivity index (χ4v) is 5.70. The molecule has 0 radical (unpaired) electrons. The molecular weight excluding hydrogens is 370 g/mol. The summed E-state index contributed by atoms with van der Waals surface area (Å²) in [6.07, 6.45) is 0.795. The number of nitrogens with one attached hydrogen (secondary N) is 1. The van der Waals surface area contributed by atoms with E-state index in [2.05, 4.69) is 27.2 Å². The van der Waals surface area contributed by atoms with Crippen molar-refractivity contribution in [3.63, 3.8) is 0 Å². The summed E-state index contributed by atoms with van der Waals surface area (Å²) in [5.41, 5.74) is 7.17. The molecule has 3 N–H and O–H groups in total. The maximum absolute atomic E-state index is 6.52. The predicted molar refractivity (Wildman–Crippen MR) is 100 cm³/mol. The van der Waals surface area contributed by atoms with Gasteiger partial charge in [-0.3, -0.25) is 0 Å². The van der Waals surface area contributed by atoms with Crippen molar-refractivity contribution in [2.45, 2.75) is 19.0 Å². The van der Waals surface area contributed by atoms with Crippen LogP contribution in [0.1, 0.15) is 9.75 Å². The molecule has 1 saturated heterocycles. The molecule has 0 aromatic carbocycles. The maximum Gasteiger partial charge on any atom is 0.127 e. The molecule has 0 saturated carbocycles. The molecule has 0 spiro atoms. The largest absolute Gasteiger partial charge is 0.381 e. The molecule has 0 aliphatic carbocycles. The van der Waals surface area contributed by atoms with Crippen molar-refractivity contribution in [3.05, 3.63) is 32.3 Å². The smallest absolute Gasteiger partial charge is 0.127 e. The molecule has 1 aliphatic rings. The Hall–Kier alpha value is -0.700. The number of thiophene rings is 2. The van der Waals surface area contributed by atoms with Gasteiger partial charge in [-0.05, 0) is 29.4 Å². The van der Waals surface area contributed by atoms with Crippen LogP contribution in [0.3, 0.4) is 0 Å². The normalized spacial score (nSPS) is 16.6. The summed E-state index contributed by atoms with van der Waals surface area (Å²) in [6, 6.07) is 4.30. The van der Waals surface area contributed by atoms with E-state index in [9.17, 15) is 0 Å². The number of halogens is 1. The van der Waals surface area contributed by atoms with Gasteiger partial charge in [-0.15, -0.1) is 22.7 Å². The minimum Gasteiger partial charge on any atom is -0.381 e. The highest BCUT2D eigenvalue weighted by atomic mass is 35.5. The van der Waals surface area contributed by atoms with Gasteiger partial charge in [0.15, 0.2) is 0 Å². The van der Waals surface area contributed by atoms with E-state index in [-0.39, 0.29) is 6.04 Å². The van der Waals surface area contributed by atoms with Crippen LogP contribution < -0.4 is 11.1 Å². The molecule has 23 heavy (non-hydrogen) atoms. The molecule has 1 aliphatic heterocycles. The van der Waals surface area contributed by atoms with Gasteiger partial charge < -0.3 is 15.8 Å². The number of nitrogens with zero attached hydrogens (tertiary/aromatic N) is 1. The van der Waals surface area contributed by atoms with E-state index in [1.807, 2.05) is 0 Å². The lowest BCUT2D eigenvalue weighted by Gasteiger charge is -2.31. The Morgan fingerprint density at radius 3 is 3.04 bits per heavy atom. The fraction of sp³-hybridized carbons (Fsp3) is 0.400. The van der Waals surface area contributed by atoms with E-state index >= 15 is 0 Å². The number of hydrogen-bond acceptors (Lipinski definition) is 7. The number of nitrogens with two attached hydrogens (primary N) is 1. The Kier molecular flexibility index (Phi) is 4.58. The molecule has 4 heterocycles. The minimum absolute atomic E-state index is 0.107. The Labute approximate surface area is 151 Å². The van der Waals surface area contributed by atoms with Crippen molar-refractivity contribution in [1.82, 2.24) is 4.37 Å². The second-order valence-corrected chi connectivity index (χ2v) is 8.92. The van der Waals surface area contributed by atoms with Crippen molar-refractivity contribution in [3.8, 4) is 0 Å². The van der Waals surface area contributed by atoms with Crippen LogP contribution in [-0.4, -0.2) is 23.6 Å². The molecule has 0 unspecified atom stereocenters. The first-order valence-corrected chi connectivity index (χ1v) is 10.2. The molecule has 0 amide bonds. The molecule has 0 bridgehead atoms. The predicted octanol–water partition coefficient (Wildman–Crippen LogP) is 4.20. The lowest BCUT2D eigenvalue weighted by atomic mass is 9.96. The van der Waals surface area contributed by atoms with Crippen LogP contribution in [0, 0.1) is 5.92 Å². The van der Waals surface area contributed by atoms with Crippen LogP contribution in [0.5, 0.6) is 0 Å². The third-order valence-electron chi connectivity index (χ3n) is 4.02. The number of hydrogen-bond donors (Lipinski definition) is 2. The average Bonchev–Trinajstić information content (AvgIpc) is 3.16. The first kappa shape index (κ1) is 15.8. The number of fused-ring (bicyclic) bond motifs is 1. The van der Waals surface area contributed by atoms with Gasteiger partial charge in [0, 0.05) is 21.7 Å². The van der Waals surface area contributed by atoms with E-state index < -0.39 is 0 Å².